The van der Waals surface area contributed by atoms with E-state index in [1.165, 1.54) is 24.6 Å². The number of rotatable bonds is 3. The normalized spacial score (nSPS) is 17.3. The molecular weight excluding hydrogens is 386 g/mol. The van der Waals surface area contributed by atoms with Crippen LogP contribution in [0.2, 0.25) is 0 Å². The van der Waals surface area contributed by atoms with Crippen molar-refractivity contribution in [2.24, 2.45) is 0 Å². The Kier molecular flexibility index (Phi) is 4.75. The average Bonchev–Trinajstić information content (AvgIpc) is 3.44. The number of piperazine rings is 1. The number of carbonyl (C=O) groups excluding carboxylic acids is 1. The van der Waals surface area contributed by atoms with E-state index < -0.39 is 0 Å². The predicted molar refractivity (Wildman–Crippen MR) is 114 cm³/mol. The van der Waals surface area contributed by atoms with Gasteiger partial charge in [-0.2, -0.15) is 13.7 Å². The lowest BCUT2D eigenvalue weighted by Gasteiger charge is -2.35. The van der Waals surface area contributed by atoms with Gasteiger partial charge in [-0.3, -0.25) is 4.79 Å². The van der Waals surface area contributed by atoms with Gasteiger partial charge in [0.15, 0.2) is 0 Å². The molecule has 150 valence electrons. The molecule has 0 spiro atoms. The molecule has 8 nitrogen and oxygen atoms in total. The van der Waals surface area contributed by atoms with Crippen LogP contribution in [0.15, 0.2) is 24.3 Å². The van der Waals surface area contributed by atoms with Crippen molar-refractivity contribution in [1.29, 1.82) is 0 Å². The second-order valence-corrected chi connectivity index (χ2v) is 8.14. The molecule has 1 amide bonds. The van der Waals surface area contributed by atoms with E-state index in [0.717, 1.165) is 54.7 Å². The third-order valence-corrected chi connectivity index (χ3v) is 6.17. The highest BCUT2D eigenvalue weighted by atomic mass is 32.1. The molecular formula is C20H23N7OS. The Morgan fingerprint density at radius 3 is 2.45 bits per heavy atom. The highest BCUT2D eigenvalue weighted by Gasteiger charge is 2.25. The predicted octanol–water partition coefficient (Wildman–Crippen LogP) is 2.35. The van der Waals surface area contributed by atoms with Crippen LogP contribution >= 0.6 is 11.7 Å². The number of benzene rings is 1. The van der Waals surface area contributed by atoms with Gasteiger partial charge >= 0.3 is 0 Å². The third kappa shape index (κ3) is 3.62. The van der Waals surface area contributed by atoms with Crippen LogP contribution in [0.4, 0.5) is 11.8 Å². The topological polar surface area (TPSA) is 78.4 Å². The van der Waals surface area contributed by atoms with E-state index in [4.69, 9.17) is 4.98 Å². The molecule has 0 bridgehead atoms. The molecule has 0 atom stereocenters. The molecule has 0 N–H and O–H groups in total. The number of aryl methyl sites for hydroxylation is 1. The standard InChI is InChI=1S/C20H23N7OS/c1-14-12-18(25-6-2-3-7-25)22-20(21-14)27-10-8-26(9-11-27)19(28)15-4-5-16-17(13-15)24-29-23-16/h4-5,12-13H,2-3,6-11H2,1H3. The van der Waals surface area contributed by atoms with Crippen molar-refractivity contribution in [2.75, 3.05) is 49.1 Å². The monoisotopic (exact) mass is 409 g/mol. The zero-order valence-electron chi connectivity index (χ0n) is 16.4. The third-order valence-electron chi connectivity index (χ3n) is 5.61. The second-order valence-electron chi connectivity index (χ2n) is 7.61. The van der Waals surface area contributed by atoms with E-state index in [-0.39, 0.29) is 5.91 Å². The molecule has 0 radical (unpaired) electrons. The summed E-state index contributed by atoms with van der Waals surface area (Å²) in [4.78, 5) is 28.8. The first-order chi connectivity index (χ1) is 14.2. The number of nitrogens with zero attached hydrogens (tertiary/aromatic N) is 7. The fourth-order valence-corrected chi connectivity index (χ4v) is 4.51. The highest BCUT2D eigenvalue weighted by Crippen LogP contribution is 2.23. The maximum atomic E-state index is 12.9. The van der Waals surface area contributed by atoms with Gasteiger partial charge in [0.1, 0.15) is 16.9 Å². The van der Waals surface area contributed by atoms with Crippen LogP contribution in [0.5, 0.6) is 0 Å². The van der Waals surface area contributed by atoms with Gasteiger partial charge in [-0.25, -0.2) is 4.98 Å². The summed E-state index contributed by atoms with van der Waals surface area (Å²) in [5.41, 5.74) is 3.27. The van der Waals surface area contributed by atoms with Crippen molar-refractivity contribution in [3.05, 3.63) is 35.5 Å². The fourth-order valence-electron chi connectivity index (χ4n) is 3.99. The van der Waals surface area contributed by atoms with Crippen molar-refractivity contribution in [2.45, 2.75) is 19.8 Å². The number of hydrogen-bond acceptors (Lipinski definition) is 8. The number of anilines is 2. The molecule has 0 unspecified atom stereocenters. The van der Waals surface area contributed by atoms with Gasteiger partial charge in [0.2, 0.25) is 5.95 Å². The first-order valence-corrected chi connectivity index (χ1v) is 10.8. The van der Waals surface area contributed by atoms with Gasteiger partial charge in [-0.05, 0) is 38.0 Å². The van der Waals surface area contributed by atoms with E-state index >= 15 is 0 Å². The summed E-state index contributed by atoms with van der Waals surface area (Å²) in [6.07, 6.45) is 2.45. The summed E-state index contributed by atoms with van der Waals surface area (Å²) in [6.45, 7) is 6.93. The van der Waals surface area contributed by atoms with Crippen molar-refractivity contribution >= 4 is 40.4 Å². The molecule has 2 fully saturated rings. The van der Waals surface area contributed by atoms with Crippen LogP contribution in [0, 0.1) is 6.92 Å². The largest absolute Gasteiger partial charge is 0.356 e. The quantitative estimate of drug-likeness (QED) is 0.657. The lowest BCUT2D eigenvalue weighted by molar-refractivity contribution is 0.0746. The minimum atomic E-state index is 0.0440. The Labute approximate surface area is 173 Å². The van der Waals surface area contributed by atoms with Crippen LogP contribution < -0.4 is 9.80 Å². The summed E-state index contributed by atoms with van der Waals surface area (Å²) in [5, 5.41) is 0. The molecule has 3 aromatic rings. The van der Waals surface area contributed by atoms with Crippen molar-refractivity contribution in [3.8, 4) is 0 Å². The maximum Gasteiger partial charge on any atom is 0.254 e. The molecule has 4 heterocycles. The minimum Gasteiger partial charge on any atom is -0.356 e. The van der Waals surface area contributed by atoms with Crippen LogP contribution in [0.25, 0.3) is 11.0 Å². The lowest BCUT2D eigenvalue weighted by atomic mass is 10.1. The first-order valence-electron chi connectivity index (χ1n) is 10.0. The zero-order chi connectivity index (χ0) is 19.8. The lowest BCUT2D eigenvalue weighted by Crippen LogP contribution is -2.49. The van der Waals surface area contributed by atoms with Crippen molar-refractivity contribution in [1.82, 2.24) is 23.6 Å². The van der Waals surface area contributed by atoms with Crippen LogP contribution in [0.1, 0.15) is 28.9 Å². The van der Waals surface area contributed by atoms with Crippen LogP contribution in [0.3, 0.4) is 0 Å². The SMILES string of the molecule is Cc1cc(N2CCCC2)nc(N2CCN(C(=O)c3ccc4nsnc4c3)CC2)n1. The number of hydrogen-bond donors (Lipinski definition) is 0. The number of aromatic nitrogens is 4. The Bertz CT molecular complexity index is 1040. The Hall–Kier alpha value is -2.81. The number of fused-ring (bicyclic) bond motifs is 1. The molecule has 1 aromatic carbocycles. The van der Waals surface area contributed by atoms with E-state index in [2.05, 4.69) is 29.6 Å². The van der Waals surface area contributed by atoms with Gasteiger partial charge < -0.3 is 14.7 Å². The summed E-state index contributed by atoms with van der Waals surface area (Å²) in [7, 11) is 0. The van der Waals surface area contributed by atoms with Gasteiger partial charge in [0.25, 0.3) is 5.91 Å². The molecule has 0 saturated carbocycles. The Morgan fingerprint density at radius 2 is 1.66 bits per heavy atom. The molecule has 2 aromatic heterocycles. The van der Waals surface area contributed by atoms with Gasteiger partial charge in [0, 0.05) is 56.6 Å². The number of amides is 1. The first kappa shape index (κ1) is 18.2. The summed E-state index contributed by atoms with van der Waals surface area (Å²) >= 11 is 1.17. The van der Waals surface area contributed by atoms with E-state index in [1.807, 2.05) is 30.0 Å². The Balaban J connectivity index is 1.28. The summed E-state index contributed by atoms with van der Waals surface area (Å²) in [6, 6.07) is 7.60. The van der Waals surface area contributed by atoms with Gasteiger partial charge in [-0.15, -0.1) is 0 Å². The summed E-state index contributed by atoms with van der Waals surface area (Å²) in [5.74, 6) is 1.84. The van der Waals surface area contributed by atoms with E-state index in [1.54, 1.807) is 0 Å². The van der Waals surface area contributed by atoms with Crippen LogP contribution in [-0.2, 0) is 0 Å². The van der Waals surface area contributed by atoms with Crippen molar-refractivity contribution < 1.29 is 4.79 Å². The molecule has 9 heteroatoms. The highest BCUT2D eigenvalue weighted by molar-refractivity contribution is 7.00. The minimum absolute atomic E-state index is 0.0440. The van der Waals surface area contributed by atoms with Gasteiger partial charge in [-0.1, -0.05) is 0 Å². The molecule has 2 aliphatic rings. The second kappa shape index (κ2) is 7.55. The Morgan fingerprint density at radius 1 is 0.897 bits per heavy atom. The molecule has 0 aliphatic carbocycles. The van der Waals surface area contributed by atoms with E-state index in [0.29, 0.717) is 18.7 Å². The molecule has 2 saturated heterocycles. The average molecular weight is 410 g/mol. The maximum absolute atomic E-state index is 12.9. The fraction of sp³-hybridized carbons (Fsp3) is 0.450. The summed E-state index contributed by atoms with van der Waals surface area (Å²) < 4.78 is 8.44. The van der Waals surface area contributed by atoms with Crippen molar-refractivity contribution in [3.63, 3.8) is 0 Å². The number of carbonyl (C=O) groups is 1. The molecule has 5 rings (SSSR count). The molecule has 29 heavy (non-hydrogen) atoms. The molecule has 2 aliphatic heterocycles. The smallest absolute Gasteiger partial charge is 0.254 e. The van der Waals surface area contributed by atoms with Crippen LogP contribution in [-0.4, -0.2) is 68.8 Å². The van der Waals surface area contributed by atoms with Gasteiger partial charge in [0.05, 0.1) is 11.7 Å². The van der Waals surface area contributed by atoms with E-state index in [9.17, 15) is 4.79 Å². The zero-order valence-corrected chi connectivity index (χ0v) is 17.2.